The van der Waals surface area contributed by atoms with E-state index < -0.39 is 5.60 Å². The van der Waals surface area contributed by atoms with E-state index in [2.05, 4.69) is 15.0 Å². The normalized spacial score (nSPS) is 23.3. The minimum Gasteiger partial charge on any atom is -0.444 e. The molecule has 138 valence electrons. The lowest BCUT2D eigenvalue weighted by Crippen LogP contribution is -2.66. The Morgan fingerprint density at radius 1 is 1.24 bits per heavy atom. The van der Waals surface area contributed by atoms with E-state index in [-0.39, 0.29) is 12.0 Å². The van der Waals surface area contributed by atoms with E-state index in [4.69, 9.17) is 14.0 Å². The van der Waals surface area contributed by atoms with Crippen molar-refractivity contribution < 1.29 is 18.8 Å². The first kappa shape index (κ1) is 16.6. The lowest BCUT2D eigenvalue weighted by atomic mass is 9.78. The van der Waals surface area contributed by atoms with Crippen LogP contribution in [0.3, 0.4) is 0 Å². The van der Waals surface area contributed by atoms with E-state index in [1.54, 1.807) is 4.90 Å². The minimum atomic E-state index is -0.463. The van der Waals surface area contributed by atoms with E-state index in [1.165, 1.54) is 0 Å². The number of nitrogens with zero attached hydrogens (tertiary/aromatic N) is 4. The SMILES string of the molecule is CC(C)(C)OC(=O)N1CCC(c2nc(N3CC4(COC4)C3)no2)CC1. The minimum absolute atomic E-state index is 0.210. The molecule has 0 bridgehead atoms. The molecule has 0 aromatic carbocycles. The molecular weight excluding hydrogens is 324 g/mol. The summed E-state index contributed by atoms with van der Waals surface area (Å²) in [6.07, 6.45) is 1.39. The molecule has 1 aromatic heterocycles. The van der Waals surface area contributed by atoms with Crippen molar-refractivity contribution in [2.24, 2.45) is 5.41 Å². The Balaban J connectivity index is 1.29. The molecule has 0 radical (unpaired) electrons. The van der Waals surface area contributed by atoms with Crippen LogP contribution in [0.25, 0.3) is 0 Å². The van der Waals surface area contributed by atoms with Crippen LogP contribution in [-0.2, 0) is 9.47 Å². The molecule has 0 saturated carbocycles. The largest absolute Gasteiger partial charge is 0.444 e. The third-order valence-electron chi connectivity index (χ3n) is 5.08. The Hall–Kier alpha value is -1.83. The highest BCUT2D eigenvalue weighted by molar-refractivity contribution is 5.68. The Bertz CT molecular complexity index is 633. The number of hydrogen-bond donors (Lipinski definition) is 0. The van der Waals surface area contributed by atoms with Crippen LogP contribution in [-0.4, -0.2) is 66.1 Å². The predicted molar refractivity (Wildman–Crippen MR) is 89.5 cm³/mol. The molecule has 1 amide bonds. The fourth-order valence-electron chi connectivity index (χ4n) is 3.63. The summed E-state index contributed by atoms with van der Waals surface area (Å²) < 4.78 is 16.2. The number of likely N-dealkylation sites (tertiary alicyclic amines) is 1. The number of ether oxygens (including phenoxy) is 2. The van der Waals surface area contributed by atoms with Gasteiger partial charge in [0.05, 0.1) is 18.6 Å². The van der Waals surface area contributed by atoms with Gasteiger partial charge >= 0.3 is 6.09 Å². The molecule has 8 nitrogen and oxygen atoms in total. The Kier molecular flexibility index (Phi) is 3.90. The lowest BCUT2D eigenvalue weighted by molar-refractivity contribution is -0.127. The monoisotopic (exact) mass is 350 g/mol. The first-order chi connectivity index (χ1) is 11.8. The van der Waals surface area contributed by atoms with Gasteiger partial charge in [-0.05, 0) is 38.8 Å². The molecule has 4 rings (SSSR count). The van der Waals surface area contributed by atoms with Gasteiger partial charge in [0.1, 0.15) is 5.60 Å². The molecule has 1 spiro atoms. The molecule has 3 saturated heterocycles. The Morgan fingerprint density at radius 3 is 2.48 bits per heavy atom. The number of anilines is 1. The van der Waals surface area contributed by atoms with Gasteiger partial charge in [-0.1, -0.05) is 0 Å². The second-order valence-corrected chi connectivity index (χ2v) is 8.52. The molecule has 1 aromatic rings. The van der Waals surface area contributed by atoms with Crippen molar-refractivity contribution in [3.63, 3.8) is 0 Å². The van der Waals surface area contributed by atoms with Gasteiger partial charge < -0.3 is 23.8 Å². The summed E-state index contributed by atoms with van der Waals surface area (Å²) in [6.45, 7) is 10.5. The fourth-order valence-corrected chi connectivity index (χ4v) is 3.63. The molecule has 4 heterocycles. The molecule has 3 fully saturated rings. The second kappa shape index (κ2) is 5.86. The van der Waals surface area contributed by atoms with Crippen molar-refractivity contribution in [3.8, 4) is 0 Å². The number of carbonyl (C=O) groups excluding carboxylic acids is 1. The van der Waals surface area contributed by atoms with Gasteiger partial charge in [-0.15, -0.1) is 0 Å². The predicted octanol–water partition coefficient (Wildman–Crippen LogP) is 2.02. The third kappa shape index (κ3) is 3.31. The number of aromatic nitrogens is 2. The summed E-state index contributed by atoms with van der Waals surface area (Å²) in [5.41, 5.74) is -0.130. The van der Waals surface area contributed by atoms with E-state index in [9.17, 15) is 4.79 Å². The van der Waals surface area contributed by atoms with Crippen LogP contribution in [0.15, 0.2) is 4.52 Å². The van der Waals surface area contributed by atoms with E-state index in [1.807, 2.05) is 20.8 Å². The van der Waals surface area contributed by atoms with Crippen molar-refractivity contribution in [2.75, 3.05) is 44.3 Å². The highest BCUT2D eigenvalue weighted by atomic mass is 16.6. The highest BCUT2D eigenvalue weighted by Crippen LogP contribution is 2.39. The third-order valence-corrected chi connectivity index (χ3v) is 5.08. The molecule has 0 aliphatic carbocycles. The van der Waals surface area contributed by atoms with E-state index in [0.717, 1.165) is 39.1 Å². The quantitative estimate of drug-likeness (QED) is 0.807. The van der Waals surface area contributed by atoms with Crippen LogP contribution in [0.5, 0.6) is 0 Å². The number of piperidine rings is 1. The van der Waals surface area contributed by atoms with Crippen LogP contribution < -0.4 is 4.90 Å². The molecule has 8 heteroatoms. The van der Waals surface area contributed by atoms with Crippen molar-refractivity contribution in [1.82, 2.24) is 15.0 Å². The molecule has 0 atom stereocenters. The van der Waals surface area contributed by atoms with Crippen LogP contribution >= 0.6 is 0 Å². The summed E-state index contributed by atoms with van der Waals surface area (Å²) in [5.74, 6) is 1.58. The second-order valence-electron chi connectivity index (χ2n) is 8.52. The zero-order valence-corrected chi connectivity index (χ0v) is 15.2. The maximum absolute atomic E-state index is 12.1. The summed E-state index contributed by atoms with van der Waals surface area (Å²) in [7, 11) is 0. The van der Waals surface area contributed by atoms with Crippen LogP contribution in [0, 0.1) is 5.41 Å². The number of hydrogen-bond acceptors (Lipinski definition) is 7. The van der Waals surface area contributed by atoms with Crippen molar-refractivity contribution in [3.05, 3.63) is 5.89 Å². The Labute approximate surface area is 147 Å². The number of carbonyl (C=O) groups is 1. The average molecular weight is 350 g/mol. The lowest BCUT2D eigenvalue weighted by Gasteiger charge is -2.54. The highest BCUT2D eigenvalue weighted by Gasteiger charge is 2.50. The summed E-state index contributed by atoms with van der Waals surface area (Å²) in [5, 5.41) is 4.13. The summed E-state index contributed by atoms with van der Waals surface area (Å²) in [4.78, 5) is 20.6. The number of rotatable bonds is 2. The van der Waals surface area contributed by atoms with Gasteiger partial charge in [0.25, 0.3) is 5.95 Å². The zero-order valence-electron chi connectivity index (χ0n) is 15.2. The maximum Gasteiger partial charge on any atom is 0.410 e. The Morgan fingerprint density at radius 2 is 1.92 bits per heavy atom. The average Bonchev–Trinajstić information content (AvgIpc) is 2.92. The van der Waals surface area contributed by atoms with Gasteiger partial charge in [-0.2, -0.15) is 4.98 Å². The van der Waals surface area contributed by atoms with Crippen molar-refractivity contribution in [2.45, 2.75) is 45.1 Å². The van der Waals surface area contributed by atoms with Crippen LogP contribution in [0.2, 0.25) is 0 Å². The van der Waals surface area contributed by atoms with Crippen LogP contribution in [0.4, 0.5) is 10.7 Å². The van der Waals surface area contributed by atoms with Crippen LogP contribution in [0.1, 0.15) is 45.4 Å². The first-order valence-electron chi connectivity index (χ1n) is 8.98. The molecule has 0 unspecified atom stereocenters. The smallest absolute Gasteiger partial charge is 0.410 e. The number of amides is 1. The van der Waals surface area contributed by atoms with E-state index in [0.29, 0.717) is 30.3 Å². The molecular formula is C17H26N4O4. The van der Waals surface area contributed by atoms with Gasteiger partial charge in [0, 0.05) is 32.1 Å². The molecule has 25 heavy (non-hydrogen) atoms. The van der Waals surface area contributed by atoms with E-state index >= 15 is 0 Å². The fraction of sp³-hybridized carbons (Fsp3) is 0.824. The van der Waals surface area contributed by atoms with Gasteiger partial charge in [0.2, 0.25) is 5.89 Å². The summed E-state index contributed by atoms with van der Waals surface area (Å²) in [6, 6.07) is 0. The van der Waals surface area contributed by atoms with Crippen molar-refractivity contribution >= 4 is 12.0 Å². The topological polar surface area (TPSA) is 80.9 Å². The molecule has 3 aliphatic heterocycles. The van der Waals surface area contributed by atoms with Crippen molar-refractivity contribution in [1.29, 1.82) is 0 Å². The van der Waals surface area contributed by atoms with Gasteiger partial charge in [-0.25, -0.2) is 4.79 Å². The first-order valence-corrected chi connectivity index (χ1v) is 8.98. The van der Waals surface area contributed by atoms with Gasteiger partial charge in [-0.3, -0.25) is 0 Å². The standard InChI is InChI=1S/C17H26N4O4/c1-16(2,3)24-15(22)20-6-4-12(5-7-20)13-18-14(19-25-13)21-8-17(9-21)10-23-11-17/h12H,4-11H2,1-3H3. The summed E-state index contributed by atoms with van der Waals surface area (Å²) >= 11 is 0. The maximum atomic E-state index is 12.1. The zero-order chi connectivity index (χ0) is 17.7. The molecule has 0 N–H and O–H groups in total. The van der Waals surface area contributed by atoms with Gasteiger partial charge in [0.15, 0.2) is 0 Å². The molecule has 3 aliphatic rings.